The summed E-state index contributed by atoms with van der Waals surface area (Å²) in [6.07, 6.45) is 4.59. The third-order valence-electron chi connectivity index (χ3n) is 5.07. The predicted octanol–water partition coefficient (Wildman–Crippen LogP) is 0.304. The average molecular weight is 336 g/mol. The quantitative estimate of drug-likeness (QED) is 0.809. The molecule has 2 fully saturated rings. The SMILES string of the molecule is O=C(CCN1CCC(c2ccnn2CCO)CC1)N1CCOCC1. The van der Waals surface area contributed by atoms with E-state index in [4.69, 9.17) is 9.84 Å². The van der Waals surface area contributed by atoms with Crippen molar-refractivity contribution in [1.29, 1.82) is 0 Å². The summed E-state index contributed by atoms with van der Waals surface area (Å²) < 4.78 is 7.21. The van der Waals surface area contributed by atoms with E-state index in [1.165, 1.54) is 5.69 Å². The molecule has 0 aliphatic carbocycles. The minimum Gasteiger partial charge on any atom is -0.394 e. The zero-order valence-electron chi connectivity index (χ0n) is 14.3. The molecule has 0 unspecified atom stereocenters. The van der Waals surface area contributed by atoms with Crippen LogP contribution in [0.5, 0.6) is 0 Å². The number of morpholine rings is 1. The Hall–Kier alpha value is -1.44. The predicted molar refractivity (Wildman–Crippen MR) is 89.7 cm³/mol. The first kappa shape index (κ1) is 17.4. The fourth-order valence-electron chi connectivity index (χ4n) is 3.65. The topological polar surface area (TPSA) is 70.8 Å². The molecule has 7 nitrogen and oxygen atoms in total. The van der Waals surface area contributed by atoms with E-state index in [9.17, 15) is 4.79 Å². The second kappa shape index (κ2) is 8.60. The largest absolute Gasteiger partial charge is 0.394 e. The molecule has 0 spiro atoms. The van der Waals surface area contributed by atoms with E-state index < -0.39 is 0 Å². The summed E-state index contributed by atoms with van der Waals surface area (Å²) in [4.78, 5) is 16.5. The maximum absolute atomic E-state index is 12.2. The minimum absolute atomic E-state index is 0.122. The second-order valence-electron chi connectivity index (χ2n) is 6.56. The van der Waals surface area contributed by atoms with Crippen molar-refractivity contribution in [3.63, 3.8) is 0 Å². The van der Waals surface area contributed by atoms with Gasteiger partial charge in [-0.2, -0.15) is 5.10 Å². The van der Waals surface area contributed by atoms with Crippen LogP contribution in [0, 0.1) is 0 Å². The number of hydrogen-bond acceptors (Lipinski definition) is 5. The molecule has 1 N–H and O–H groups in total. The van der Waals surface area contributed by atoms with Crippen molar-refractivity contribution in [2.24, 2.45) is 0 Å². The van der Waals surface area contributed by atoms with Gasteiger partial charge in [0.15, 0.2) is 0 Å². The number of amides is 1. The molecule has 0 bridgehead atoms. The monoisotopic (exact) mass is 336 g/mol. The molecule has 3 heterocycles. The number of piperidine rings is 1. The van der Waals surface area contributed by atoms with Crippen LogP contribution in [0.3, 0.4) is 0 Å². The van der Waals surface area contributed by atoms with Crippen LogP contribution in [0.2, 0.25) is 0 Å². The summed E-state index contributed by atoms with van der Waals surface area (Å²) >= 11 is 0. The Morgan fingerprint density at radius 2 is 1.96 bits per heavy atom. The number of likely N-dealkylation sites (tertiary alicyclic amines) is 1. The Morgan fingerprint density at radius 1 is 1.21 bits per heavy atom. The highest BCUT2D eigenvalue weighted by Crippen LogP contribution is 2.27. The molecule has 134 valence electrons. The van der Waals surface area contributed by atoms with Gasteiger partial charge in [-0.05, 0) is 32.0 Å². The fourth-order valence-corrected chi connectivity index (χ4v) is 3.65. The van der Waals surface area contributed by atoms with Crippen LogP contribution in [-0.4, -0.2) is 83.1 Å². The summed E-state index contributed by atoms with van der Waals surface area (Å²) in [5.41, 5.74) is 1.23. The van der Waals surface area contributed by atoms with Gasteiger partial charge in [-0.1, -0.05) is 0 Å². The highest BCUT2D eigenvalue weighted by Gasteiger charge is 2.24. The zero-order chi connectivity index (χ0) is 16.8. The lowest BCUT2D eigenvalue weighted by atomic mass is 9.93. The standard InChI is InChI=1S/C17H28N4O3/c22-12-9-21-16(1-5-18-21)15-2-6-19(7-3-15)8-4-17(23)20-10-13-24-14-11-20/h1,5,15,22H,2-4,6-14H2. The van der Waals surface area contributed by atoms with E-state index in [1.807, 2.05) is 15.8 Å². The van der Waals surface area contributed by atoms with Gasteiger partial charge >= 0.3 is 0 Å². The normalized spacial score (nSPS) is 20.5. The minimum atomic E-state index is 0.122. The maximum Gasteiger partial charge on any atom is 0.224 e. The highest BCUT2D eigenvalue weighted by atomic mass is 16.5. The zero-order valence-corrected chi connectivity index (χ0v) is 14.3. The van der Waals surface area contributed by atoms with Crippen LogP contribution in [0.25, 0.3) is 0 Å². The van der Waals surface area contributed by atoms with Crippen LogP contribution in [0.15, 0.2) is 12.3 Å². The van der Waals surface area contributed by atoms with Gasteiger partial charge in [0.1, 0.15) is 0 Å². The van der Waals surface area contributed by atoms with E-state index in [0.717, 1.165) is 45.6 Å². The van der Waals surface area contributed by atoms with E-state index in [-0.39, 0.29) is 12.5 Å². The van der Waals surface area contributed by atoms with Gasteiger partial charge in [-0.3, -0.25) is 9.48 Å². The molecule has 1 aromatic rings. The Labute approximate surface area is 143 Å². The van der Waals surface area contributed by atoms with Gasteiger partial charge in [0.2, 0.25) is 5.91 Å². The van der Waals surface area contributed by atoms with Crippen molar-refractivity contribution in [3.8, 4) is 0 Å². The average Bonchev–Trinajstić information content (AvgIpc) is 3.09. The van der Waals surface area contributed by atoms with Gasteiger partial charge in [0.05, 0.1) is 26.4 Å². The van der Waals surface area contributed by atoms with Crippen molar-refractivity contribution in [1.82, 2.24) is 19.6 Å². The Bertz CT molecular complexity index is 520. The van der Waals surface area contributed by atoms with Gasteiger partial charge in [0, 0.05) is 43.9 Å². The molecule has 2 aliphatic heterocycles. The molecule has 24 heavy (non-hydrogen) atoms. The van der Waals surface area contributed by atoms with Crippen LogP contribution < -0.4 is 0 Å². The molecule has 7 heteroatoms. The van der Waals surface area contributed by atoms with Gasteiger partial charge in [-0.25, -0.2) is 0 Å². The van der Waals surface area contributed by atoms with E-state index in [0.29, 0.717) is 32.1 Å². The highest BCUT2D eigenvalue weighted by molar-refractivity contribution is 5.76. The number of ether oxygens (including phenoxy) is 1. The van der Waals surface area contributed by atoms with E-state index in [1.54, 1.807) is 0 Å². The number of carbonyl (C=O) groups excluding carboxylic acids is 1. The van der Waals surface area contributed by atoms with Gasteiger partial charge in [0.25, 0.3) is 0 Å². The molecule has 0 saturated carbocycles. The fraction of sp³-hybridized carbons (Fsp3) is 0.765. The smallest absolute Gasteiger partial charge is 0.224 e. The molecule has 3 rings (SSSR count). The molecule has 2 saturated heterocycles. The van der Waals surface area contributed by atoms with Crippen LogP contribution >= 0.6 is 0 Å². The number of carbonyl (C=O) groups is 1. The summed E-state index contributed by atoms with van der Waals surface area (Å²) in [6, 6.07) is 2.07. The van der Waals surface area contributed by atoms with Gasteiger partial charge in [-0.15, -0.1) is 0 Å². The van der Waals surface area contributed by atoms with E-state index >= 15 is 0 Å². The first-order valence-electron chi connectivity index (χ1n) is 8.98. The number of aliphatic hydroxyl groups is 1. The van der Waals surface area contributed by atoms with Crippen molar-refractivity contribution >= 4 is 5.91 Å². The third-order valence-corrected chi connectivity index (χ3v) is 5.07. The summed E-state index contributed by atoms with van der Waals surface area (Å²) in [6.45, 7) is 6.37. The van der Waals surface area contributed by atoms with E-state index in [2.05, 4.69) is 16.1 Å². The Kier molecular flexibility index (Phi) is 6.23. The molecule has 2 aliphatic rings. The molecular formula is C17H28N4O3. The lowest BCUT2D eigenvalue weighted by Gasteiger charge is -2.33. The van der Waals surface area contributed by atoms with Crippen molar-refractivity contribution in [2.75, 3.05) is 52.5 Å². The first-order valence-corrected chi connectivity index (χ1v) is 8.98. The van der Waals surface area contributed by atoms with Crippen molar-refractivity contribution in [2.45, 2.75) is 31.7 Å². The molecule has 0 radical (unpaired) electrons. The second-order valence-corrected chi connectivity index (χ2v) is 6.56. The molecule has 1 aromatic heterocycles. The van der Waals surface area contributed by atoms with Crippen LogP contribution in [-0.2, 0) is 16.1 Å². The maximum atomic E-state index is 12.2. The Morgan fingerprint density at radius 3 is 2.67 bits per heavy atom. The van der Waals surface area contributed by atoms with Crippen LogP contribution in [0.1, 0.15) is 30.9 Å². The van der Waals surface area contributed by atoms with Crippen molar-refractivity contribution in [3.05, 3.63) is 18.0 Å². The van der Waals surface area contributed by atoms with Crippen molar-refractivity contribution < 1.29 is 14.6 Å². The lowest BCUT2D eigenvalue weighted by Crippen LogP contribution is -2.42. The lowest BCUT2D eigenvalue weighted by molar-refractivity contribution is -0.135. The molecule has 0 aromatic carbocycles. The Balaban J connectivity index is 1.42. The number of rotatable bonds is 6. The third kappa shape index (κ3) is 4.34. The summed E-state index contributed by atoms with van der Waals surface area (Å²) in [7, 11) is 0. The first-order chi connectivity index (χ1) is 11.8. The number of hydrogen-bond donors (Lipinski definition) is 1. The molecular weight excluding hydrogens is 308 g/mol. The summed E-state index contributed by atoms with van der Waals surface area (Å²) in [5.74, 6) is 0.756. The summed E-state index contributed by atoms with van der Waals surface area (Å²) in [5, 5.41) is 13.4. The van der Waals surface area contributed by atoms with Gasteiger partial charge < -0.3 is 19.6 Å². The number of aromatic nitrogens is 2. The van der Waals surface area contributed by atoms with Crippen LogP contribution in [0.4, 0.5) is 0 Å². The molecule has 0 atom stereocenters. The molecule has 1 amide bonds. The number of aliphatic hydroxyl groups excluding tert-OH is 1. The number of nitrogens with zero attached hydrogens (tertiary/aromatic N) is 4.